The normalized spacial score (nSPS) is 12.1. The van der Waals surface area contributed by atoms with Gasteiger partial charge in [0.05, 0.1) is 6.04 Å². The van der Waals surface area contributed by atoms with Gasteiger partial charge in [-0.05, 0) is 25.5 Å². The zero-order valence-corrected chi connectivity index (χ0v) is 8.01. The smallest absolute Gasteiger partial charge is 0.164 e. The van der Waals surface area contributed by atoms with E-state index in [0.717, 1.165) is 0 Å². The van der Waals surface area contributed by atoms with Crippen molar-refractivity contribution in [2.24, 2.45) is 5.18 Å². The highest BCUT2D eigenvalue weighted by Crippen LogP contribution is 2.07. The summed E-state index contributed by atoms with van der Waals surface area (Å²) in [4.78, 5) is 25.4. The van der Waals surface area contributed by atoms with Crippen molar-refractivity contribution in [3.8, 4) is 0 Å². The number of carbonyl (C=O) groups excluding carboxylic acids is 1. The predicted octanol–water partition coefficient (Wildman–Crippen LogP) is 2.20. The molecule has 0 aliphatic rings. The third kappa shape index (κ3) is 3.05. The molecule has 0 bridgehead atoms. The molecule has 4 nitrogen and oxygen atoms in total. The molecule has 4 heteroatoms. The molecule has 0 aliphatic heterocycles. The van der Waals surface area contributed by atoms with E-state index in [0.29, 0.717) is 18.4 Å². The van der Waals surface area contributed by atoms with Crippen molar-refractivity contribution in [3.05, 3.63) is 35.0 Å². The molecule has 1 aromatic rings. The zero-order valence-electron chi connectivity index (χ0n) is 8.01. The number of nitroso groups, excluding NO2 is 1. The molecule has 1 heterocycles. The van der Waals surface area contributed by atoms with Crippen LogP contribution in [-0.2, 0) is 0 Å². The topological polar surface area (TPSA) is 59.4 Å². The molecular weight excluding hydrogens is 180 g/mol. The standard InChI is InChI=1S/C10H12N2O2/c1-8(12-14)4-5-10(13)9-3-2-6-11-7-9/h2-3,6-8H,4-5H2,1H3. The molecule has 74 valence electrons. The van der Waals surface area contributed by atoms with Crippen LogP contribution in [0.15, 0.2) is 29.7 Å². The van der Waals surface area contributed by atoms with Gasteiger partial charge in [-0.2, -0.15) is 4.91 Å². The Morgan fingerprint density at radius 2 is 2.43 bits per heavy atom. The second-order valence-electron chi connectivity index (χ2n) is 3.16. The van der Waals surface area contributed by atoms with E-state index >= 15 is 0 Å². The molecule has 0 amide bonds. The van der Waals surface area contributed by atoms with Gasteiger partial charge in [0.1, 0.15) is 0 Å². The fourth-order valence-corrected chi connectivity index (χ4v) is 1.06. The van der Waals surface area contributed by atoms with Crippen molar-refractivity contribution in [1.29, 1.82) is 0 Å². The summed E-state index contributed by atoms with van der Waals surface area (Å²) in [6.07, 6.45) is 3.99. The van der Waals surface area contributed by atoms with Crippen LogP contribution in [0.1, 0.15) is 30.1 Å². The lowest BCUT2D eigenvalue weighted by atomic mass is 10.1. The third-order valence-corrected chi connectivity index (χ3v) is 1.95. The third-order valence-electron chi connectivity index (χ3n) is 1.95. The minimum absolute atomic E-state index is 0.00796. The first-order valence-electron chi connectivity index (χ1n) is 4.49. The fraction of sp³-hybridized carbons (Fsp3) is 0.400. The molecule has 0 radical (unpaired) electrons. The van der Waals surface area contributed by atoms with Gasteiger partial charge < -0.3 is 0 Å². The van der Waals surface area contributed by atoms with Gasteiger partial charge in [-0.25, -0.2) is 0 Å². The van der Waals surface area contributed by atoms with Gasteiger partial charge in [0, 0.05) is 24.4 Å². The minimum Gasteiger partial charge on any atom is -0.294 e. The molecule has 0 saturated heterocycles. The molecular formula is C10H12N2O2. The molecule has 0 N–H and O–H groups in total. The summed E-state index contributed by atoms with van der Waals surface area (Å²) in [6.45, 7) is 1.70. The number of carbonyl (C=O) groups is 1. The summed E-state index contributed by atoms with van der Waals surface area (Å²) in [6, 6.07) is 3.14. The van der Waals surface area contributed by atoms with Crippen LogP contribution in [0.25, 0.3) is 0 Å². The van der Waals surface area contributed by atoms with Crippen molar-refractivity contribution < 1.29 is 4.79 Å². The lowest BCUT2D eigenvalue weighted by Gasteiger charge is -2.01. The molecule has 14 heavy (non-hydrogen) atoms. The zero-order chi connectivity index (χ0) is 10.4. The Kier molecular flexibility index (Phi) is 3.91. The van der Waals surface area contributed by atoms with Crippen molar-refractivity contribution in [3.63, 3.8) is 0 Å². The lowest BCUT2D eigenvalue weighted by Crippen LogP contribution is -2.04. The van der Waals surface area contributed by atoms with Crippen LogP contribution in [0.3, 0.4) is 0 Å². The molecule has 0 aliphatic carbocycles. The monoisotopic (exact) mass is 192 g/mol. The Morgan fingerprint density at radius 3 is 3.00 bits per heavy atom. The Bertz CT molecular complexity index is 311. The molecule has 0 spiro atoms. The van der Waals surface area contributed by atoms with E-state index in [1.54, 1.807) is 25.3 Å². The maximum Gasteiger partial charge on any atom is 0.164 e. The molecule has 1 rings (SSSR count). The largest absolute Gasteiger partial charge is 0.294 e. The van der Waals surface area contributed by atoms with E-state index in [1.807, 2.05) is 0 Å². The molecule has 1 atom stereocenters. The van der Waals surface area contributed by atoms with E-state index in [4.69, 9.17) is 0 Å². The number of aromatic nitrogens is 1. The number of hydrogen-bond acceptors (Lipinski definition) is 4. The van der Waals surface area contributed by atoms with Crippen molar-refractivity contribution in [1.82, 2.24) is 4.98 Å². The average molecular weight is 192 g/mol. The molecule has 0 fully saturated rings. The highest BCUT2D eigenvalue weighted by molar-refractivity contribution is 5.95. The quantitative estimate of drug-likeness (QED) is 0.530. The van der Waals surface area contributed by atoms with Crippen LogP contribution in [0.5, 0.6) is 0 Å². The number of nitrogens with zero attached hydrogens (tertiary/aromatic N) is 2. The molecule has 1 unspecified atom stereocenters. The van der Waals surface area contributed by atoms with Crippen LogP contribution < -0.4 is 0 Å². The number of rotatable bonds is 5. The number of Topliss-reactive ketones (excluding diaryl/α,β-unsaturated/α-hetero) is 1. The number of ketones is 1. The average Bonchev–Trinajstić information content (AvgIpc) is 2.26. The van der Waals surface area contributed by atoms with Gasteiger partial charge in [0.15, 0.2) is 5.78 Å². The van der Waals surface area contributed by atoms with Crippen molar-refractivity contribution in [2.75, 3.05) is 0 Å². The van der Waals surface area contributed by atoms with Crippen LogP contribution in [0.4, 0.5) is 0 Å². The van der Waals surface area contributed by atoms with Crippen molar-refractivity contribution >= 4 is 5.78 Å². The van der Waals surface area contributed by atoms with Gasteiger partial charge in [-0.1, -0.05) is 5.18 Å². The first-order chi connectivity index (χ1) is 6.74. The van der Waals surface area contributed by atoms with Gasteiger partial charge in [0.25, 0.3) is 0 Å². The number of hydrogen-bond donors (Lipinski definition) is 0. The Hall–Kier alpha value is -1.58. The first-order valence-corrected chi connectivity index (χ1v) is 4.49. The van der Waals surface area contributed by atoms with Crippen LogP contribution in [0.2, 0.25) is 0 Å². The van der Waals surface area contributed by atoms with Crippen LogP contribution in [-0.4, -0.2) is 16.8 Å². The predicted molar refractivity (Wildman–Crippen MR) is 53.1 cm³/mol. The molecule has 0 saturated carbocycles. The molecule has 0 aromatic carbocycles. The van der Waals surface area contributed by atoms with Gasteiger partial charge >= 0.3 is 0 Å². The second-order valence-corrected chi connectivity index (χ2v) is 3.16. The van der Waals surface area contributed by atoms with E-state index in [2.05, 4.69) is 10.2 Å². The van der Waals surface area contributed by atoms with E-state index in [1.165, 1.54) is 6.20 Å². The Balaban J connectivity index is 2.47. The van der Waals surface area contributed by atoms with Crippen molar-refractivity contribution in [2.45, 2.75) is 25.8 Å². The highest BCUT2D eigenvalue weighted by atomic mass is 16.3. The summed E-state index contributed by atoms with van der Waals surface area (Å²) in [5, 5.41) is 2.84. The minimum atomic E-state index is -0.296. The summed E-state index contributed by atoms with van der Waals surface area (Å²) in [7, 11) is 0. The van der Waals surface area contributed by atoms with Gasteiger partial charge in [0.2, 0.25) is 0 Å². The molecule has 1 aromatic heterocycles. The maximum atomic E-state index is 11.5. The summed E-state index contributed by atoms with van der Waals surface area (Å²) in [5.41, 5.74) is 0.589. The second kappa shape index (κ2) is 5.21. The summed E-state index contributed by atoms with van der Waals surface area (Å²) < 4.78 is 0. The summed E-state index contributed by atoms with van der Waals surface area (Å²) in [5.74, 6) is 0.00796. The first kappa shape index (κ1) is 10.5. The van der Waals surface area contributed by atoms with E-state index < -0.39 is 0 Å². The van der Waals surface area contributed by atoms with Gasteiger partial charge in [-0.3, -0.25) is 9.78 Å². The van der Waals surface area contributed by atoms with E-state index in [9.17, 15) is 9.70 Å². The van der Waals surface area contributed by atoms with Crippen LogP contribution in [0, 0.1) is 4.91 Å². The van der Waals surface area contributed by atoms with E-state index in [-0.39, 0.29) is 11.8 Å². The Labute approximate surface area is 82.3 Å². The van der Waals surface area contributed by atoms with Gasteiger partial charge in [-0.15, -0.1) is 0 Å². The fourth-order valence-electron chi connectivity index (χ4n) is 1.06. The Morgan fingerprint density at radius 1 is 1.64 bits per heavy atom. The summed E-state index contributed by atoms with van der Waals surface area (Å²) >= 11 is 0. The van der Waals surface area contributed by atoms with Crippen LogP contribution >= 0.6 is 0 Å². The SMILES string of the molecule is CC(CCC(=O)c1cccnc1)N=O. The number of pyridine rings is 1. The highest BCUT2D eigenvalue weighted by Gasteiger charge is 2.08. The maximum absolute atomic E-state index is 11.5. The lowest BCUT2D eigenvalue weighted by molar-refractivity contribution is 0.0977.